The van der Waals surface area contributed by atoms with E-state index in [9.17, 15) is 4.79 Å². The van der Waals surface area contributed by atoms with Gasteiger partial charge in [-0.25, -0.2) is 0 Å². The van der Waals surface area contributed by atoms with Gasteiger partial charge >= 0.3 is 0 Å². The molecule has 0 aliphatic rings. The Kier molecular flexibility index (Phi) is 3.69. The largest absolute Gasteiger partial charge is 0.496 e. The van der Waals surface area contributed by atoms with Gasteiger partial charge in [-0.3, -0.25) is 4.79 Å². The second-order valence-corrected chi connectivity index (χ2v) is 3.38. The summed E-state index contributed by atoms with van der Waals surface area (Å²) in [5, 5.41) is 0. The van der Waals surface area contributed by atoms with Crippen LogP contribution in [0.25, 0.3) is 0 Å². The van der Waals surface area contributed by atoms with Crippen molar-refractivity contribution in [3.8, 4) is 5.75 Å². The molecule has 0 spiro atoms. The van der Waals surface area contributed by atoms with E-state index in [0.717, 1.165) is 17.7 Å². The number of rotatable bonds is 4. The first-order valence-corrected chi connectivity index (χ1v) is 4.82. The Morgan fingerprint density at radius 3 is 2.64 bits per heavy atom. The number of hydrogen-bond donors (Lipinski definition) is 0. The molecule has 1 aromatic rings. The fourth-order valence-corrected chi connectivity index (χ4v) is 1.48. The van der Waals surface area contributed by atoms with Gasteiger partial charge in [0, 0.05) is 6.42 Å². The van der Waals surface area contributed by atoms with Crippen LogP contribution in [0.2, 0.25) is 0 Å². The van der Waals surface area contributed by atoms with Crippen molar-refractivity contribution in [3.05, 3.63) is 29.3 Å². The molecule has 0 N–H and O–H groups in total. The summed E-state index contributed by atoms with van der Waals surface area (Å²) in [6.45, 7) is 3.68. The average molecular weight is 192 g/mol. The van der Waals surface area contributed by atoms with Gasteiger partial charge in [-0.2, -0.15) is 0 Å². The molecule has 0 aliphatic carbocycles. The third-order valence-corrected chi connectivity index (χ3v) is 2.19. The smallest absolute Gasteiger partial charge is 0.134 e. The molecule has 0 heterocycles. The van der Waals surface area contributed by atoms with E-state index in [1.54, 1.807) is 14.0 Å². The fraction of sp³-hybridized carbons (Fsp3) is 0.417. The first-order valence-electron chi connectivity index (χ1n) is 4.82. The van der Waals surface area contributed by atoms with Crippen molar-refractivity contribution < 1.29 is 9.53 Å². The standard InChI is InChI=1S/C12H16O2/c1-4-11-6-5-10(7-9(2)13)8-12(11)14-3/h5-6,8H,4,7H2,1-3H3. The van der Waals surface area contributed by atoms with Crippen LogP contribution in [0.1, 0.15) is 25.0 Å². The minimum absolute atomic E-state index is 0.177. The molecule has 2 heteroatoms. The molecule has 0 aliphatic heterocycles. The van der Waals surface area contributed by atoms with Gasteiger partial charge in [-0.15, -0.1) is 0 Å². The van der Waals surface area contributed by atoms with Crippen molar-refractivity contribution in [1.82, 2.24) is 0 Å². The van der Waals surface area contributed by atoms with Crippen molar-refractivity contribution in [2.75, 3.05) is 7.11 Å². The van der Waals surface area contributed by atoms with Crippen LogP contribution < -0.4 is 4.74 Å². The summed E-state index contributed by atoms with van der Waals surface area (Å²) in [7, 11) is 1.66. The second kappa shape index (κ2) is 4.80. The number of benzene rings is 1. The second-order valence-electron chi connectivity index (χ2n) is 3.38. The van der Waals surface area contributed by atoms with Crippen LogP contribution in [-0.2, 0) is 17.6 Å². The molecule has 0 saturated heterocycles. The van der Waals surface area contributed by atoms with E-state index < -0.39 is 0 Å². The van der Waals surface area contributed by atoms with Gasteiger partial charge in [-0.05, 0) is 30.5 Å². The summed E-state index contributed by atoms with van der Waals surface area (Å²) in [5.74, 6) is 1.06. The van der Waals surface area contributed by atoms with Crippen molar-refractivity contribution in [2.24, 2.45) is 0 Å². The summed E-state index contributed by atoms with van der Waals surface area (Å²) in [4.78, 5) is 10.9. The van der Waals surface area contributed by atoms with E-state index >= 15 is 0 Å². The summed E-state index contributed by atoms with van der Waals surface area (Å²) >= 11 is 0. The molecule has 0 atom stereocenters. The predicted molar refractivity (Wildman–Crippen MR) is 56.8 cm³/mol. The van der Waals surface area contributed by atoms with Crippen LogP contribution in [-0.4, -0.2) is 12.9 Å². The third-order valence-electron chi connectivity index (χ3n) is 2.19. The maximum Gasteiger partial charge on any atom is 0.134 e. The SMILES string of the molecule is CCc1ccc(CC(C)=O)cc1OC. The van der Waals surface area contributed by atoms with Crippen LogP contribution in [0.4, 0.5) is 0 Å². The lowest BCUT2D eigenvalue weighted by atomic mass is 10.0. The van der Waals surface area contributed by atoms with Crippen molar-refractivity contribution in [3.63, 3.8) is 0 Å². The quantitative estimate of drug-likeness (QED) is 0.732. The summed E-state index contributed by atoms with van der Waals surface area (Å²) in [6.07, 6.45) is 1.43. The number of carbonyl (C=O) groups excluding carboxylic acids is 1. The Bertz CT molecular complexity index is 329. The molecule has 76 valence electrons. The van der Waals surface area contributed by atoms with E-state index in [1.807, 2.05) is 18.2 Å². The highest BCUT2D eigenvalue weighted by atomic mass is 16.5. The molecule has 14 heavy (non-hydrogen) atoms. The lowest BCUT2D eigenvalue weighted by molar-refractivity contribution is -0.116. The third kappa shape index (κ3) is 2.59. The van der Waals surface area contributed by atoms with Gasteiger partial charge in [0.15, 0.2) is 0 Å². The van der Waals surface area contributed by atoms with Crippen molar-refractivity contribution in [1.29, 1.82) is 0 Å². The number of methoxy groups -OCH3 is 1. The van der Waals surface area contributed by atoms with Gasteiger partial charge in [0.05, 0.1) is 7.11 Å². The van der Waals surface area contributed by atoms with Crippen LogP contribution in [0.3, 0.4) is 0 Å². The minimum Gasteiger partial charge on any atom is -0.496 e. The van der Waals surface area contributed by atoms with E-state index in [4.69, 9.17) is 4.74 Å². The van der Waals surface area contributed by atoms with Crippen LogP contribution in [0.15, 0.2) is 18.2 Å². The number of hydrogen-bond acceptors (Lipinski definition) is 2. The highest BCUT2D eigenvalue weighted by molar-refractivity contribution is 5.78. The predicted octanol–water partition coefficient (Wildman–Crippen LogP) is 2.39. The Balaban J connectivity index is 2.95. The molecular formula is C12H16O2. The Morgan fingerprint density at radius 2 is 2.14 bits per heavy atom. The Hall–Kier alpha value is -1.31. The molecule has 0 unspecified atom stereocenters. The van der Waals surface area contributed by atoms with Gasteiger partial charge in [0.25, 0.3) is 0 Å². The summed E-state index contributed by atoms with van der Waals surface area (Å²) in [5.41, 5.74) is 2.20. The van der Waals surface area contributed by atoms with E-state index in [1.165, 1.54) is 5.56 Å². The summed E-state index contributed by atoms with van der Waals surface area (Å²) < 4.78 is 5.25. The fourth-order valence-electron chi connectivity index (χ4n) is 1.48. The van der Waals surface area contributed by atoms with E-state index in [2.05, 4.69) is 6.92 Å². The highest BCUT2D eigenvalue weighted by Gasteiger charge is 2.03. The van der Waals surface area contributed by atoms with Crippen molar-refractivity contribution in [2.45, 2.75) is 26.7 Å². The normalized spacial score (nSPS) is 9.93. The number of ether oxygens (including phenoxy) is 1. The maximum absolute atomic E-state index is 10.9. The van der Waals surface area contributed by atoms with Gasteiger partial charge in [-0.1, -0.05) is 19.1 Å². The lowest BCUT2D eigenvalue weighted by Gasteiger charge is -2.08. The molecule has 0 bridgehead atoms. The maximum atomic E-state index is 10.9. The van der Waals surface area contributed by atoms with Crippen LogP contribution in [0.5, 0.6) is 5.75 Å². The topological polar surface area (TPSA) is 26.3 Å². The molecule has 0 radical (unpaired) electrons. The minimum atomic E-state index is 0.177. The van der Waals surface area contributed by atoms with Crippen molar-refractivity contribution >= 4 is 5.78 Å². The molecule has 0 saturated carbocycles. The van der Waals surface area contributed by atoms with Crippen LogP contribution >= 0.6 is 0 Å². The molecule has 1 aromatic carbocycles. The Labute approximate surface area is 84.9 Å². The zero-order valence-corrected chi connectivity index (χ0v) is 8.96. The molecule has 0 amide bonds. The first-order chi connectivity index (χ1) is 6.67. The number of carbonyl (C=O) groups is 1. The Morgan fingerprint density at radius 1 is 1.43 bits per heavy atom. The molecular weight excluding hydrogens is 176 g/mol. The molecule has 0 fully saturated rings. The first kappa shape index (κ1) is 10.8. The number of ketones is 1. The zero-order chi connectivity index (χ0) is 10.6. The lowest BCUT2D eigenvalue weighted by Crippen LogP contribution is -1.98. The summed E-state index contributed by atoms with van der Waals surface area (Å²) in [6, 6.07) is 5.96. The van der Waals surface area contributed by atoms with Gasteiger partial charge < -0.3 is 4.74 Å². The molecule has 1 rings (SSSR count). The van der Waals surface area contributed by atoms with Crippen LogP contribution in [0, 0.1) is 0 Å². The van der Waals surface area contributed by atoms with E-state index in [-0.39, 0.29) is 5.78 Å². The molecule has 2 nitrogen and oxygen atoms in total. The van der Waals surface area contributed by atoms with Gasteiger partial charge in [0.2, 0.25) is 0 Å². The van der Waals surface area contributed by atoms with E-state index in [0.29, 0.717) is 6.42 Å². The van der Waals surface area contributed by atoms with Gasteiger partial charge in [0.1, 0.15) is 11.5 Å². The average Bonchev–Trinajstić information content (AvgIpc) is 2.16. The molecule has 0 aromatic heterocycles. The number of Topliss-reactive ketones (excluding diaryl/α,β-unsaturated/α-hetero) is 1. The number of aryl methyl sites for hydroxylation is 1. The monoisotopic (exact) mass is 192 g/mol. The zero-order valence-electron chi connectivity index (χ0n) is 8.96. The highest BCUT2D eigenvalue weighted by Crippen LogP contribution is 2.20.